The molecule has 0 fully saturated rings. The number of aromatic nitrogens is 2. The van der Waals surface area contributed by atoms with Crippen LogP contribution in [-0.4, -0.2) is 21.0 Å². The van der Waals surface area contributed by atoms with Crippen molar-refractivity contribution in [3.8, 4) is 11.1 Å². The molecule has 16 heavy (non-hydrogen) atoms. The van der Waals surface area contributed by atoms with Crippen LogP contribution in [0.5, 0.6) is 0 Å². The van der Waals surface area contributed by atoms with Crippen LogP contribution in [-0.2, 0) is 0 Å². The Labute approximate surface area is 92.6 Å². The third-order valence-corrected chi connectivity index (χ3v) is 2.28. The SMILES string of the molecule is Cc1ccc(-c2cncnc2C(=O)O)cc1. The van der Waals surface area contributed by atoms with Crippen LogP contribution in [0, 0.1) is 6.92 Å². The summed E-state index contributed by atoms with van der Waals surface area (Å²) in [5.74, 6) is -1.04. The molecule has 0 atom stereocenters. The summed E-state index contributed by atoms with van der Waals surface area (Å²) in [4.78, 5) is 18.6. The second-order valence-corrected chi connectivity index (χ2v) is 3.46. The number of hydrogen-bond acceptors (Lipinski definition) is 3. The van der Waals surface area contributed by atoms with E-state index in [0.29, 0.717) is 5.56 Å². The molecule has 0 aliphatic rings. The van der Waals surface area contributed by atoms with E-state index in [1.807, 2.05) is 31.2 Å². The van der Waals surface area contributed by atoms with E-state index in [0.717, 1.165) is 11.1 Å². The van der Waals surface area contributed by atoms with Crippen molar-refractivity contribution in [2.75, 3.05) is 0 Å². The first-order chi connectivity index (χ1) is 7.68. The minimum atomic E-state index is -1.04. The fourth-order valence-corrected chi connectivity index (χ4v) is 1.44. The summed E-state index contributed by atoms with van der Waals surface area (Å²) in [5.41, 5.74) is 2.50. The molecule has 0 aliphatic carbocycles. The van der Waals surface area contributed by atoms with Gasteiger partial charge in [0.1, 0.15) is 6.33 Å². The Morgan fingerprint density at radius 1 is 1.25 bits per heavy atom. The van der Waals surface area contributed by atoms with Gasteiger partial charge in [-0.15, -0.1) is 0 Å². The second-order valence-electron chi connectivity index (χ2n) is 3.46. The molecule has 1 N–H and O–H groups in total. The summed E-state index contributed by atoms with van der Waals surface area (Å²) < 4.78 is 0. The Kier molecular flexibility index (Phi) is 2.64. The number of aryl methyl sites for hydroxylation is 1. The molecule has 1 heterocycles. The first-order valence-electron chi connectivity index (χ1n) is 4.79. The van der Waals surface area contributed by atoms with E-state index >= 15 is 0 Å². The summed E-state index contributed by atoms with van der Waals surface area (Å²) in [6, 6.07) is 7.57. The summed E-state index contributed by atoms with van der Waals surface area (Å²) in [6.45, 7) is 1.98. The van der Waals surface area contributed by atoms with Gasteiger partial charge in [0.2, 0.25) is 0 Å². The number of hydrogen-bond donors (Lipinski definition) is 1. The first kappa shape index (κ1) is 10.3. The number of rotatable bonds is 2. The zero-order valence-corrected chi connectivity index (χ0v) is 8.71. The molecule has 1 aromatic heterocycles. The van der Waals surface area contributed by atoms with Gasteiger partial charge in [-0.2, -0.15) is 0 Å². The Hall–Kier alpha value is -2.23. The lowest BCUT2D eigenvalue weighted by molar-refractivity contribution is 0.0691. The van der Waals surface area contributed by atoms with E-state index in [1.165, 1.54) is 12.5 Å². The predicted octanol–water partition coefficient (Wildman–Crippen LogP) is 2.15. The zero-order valence-electron chi connectivity index (χ0n) is 8.71. The highest BCUT2D eigenvalue weighted by Crippen LogP contribution is 2.21. The maximum atomic E-state index is 11.0. The third kappa shape index (κ3) is 1.91. The fourth-order valence-electron chi connectivity index (χ4n) is 1.44. The minimum absolute atomic E-state index is 0.0267. The van der Waals surface area contributed by atoms with Gasteiger partial charge >= 0.3 is 5.97 Å². The van der Waals surface area contributed by atoms with Crippen molar-refractivity contribution < 1.29 is 9.90 Å². The van der Waals surface area contributed by atoms with Gasteiger partial charge in [0.05, 0.1) is 0 Å². The lowest BCUT2D eigenvalue weighted by Gasteiger charge is -2.04. The highest BCUT2D eigenvalue weighted by molar-refractivity contribution is 5.93. The molecular formula is C12H10N2O2. The Morgan fingerprint density at radius 2 is 1.94 bits per heavy atom. The van der Waals surface area contributed by atoms with Crippen molar-refractivity contribution in [2.45, 2.75) is 6.92 Å². The molecule has 0 saturated carbocycles. The molecule has 0 saturated heterocycles. The average molecular weight is 214 g/mol. The molecule has 4 heteroatoms. The summed E-state index contributed by atoms with van der Waals surface area (Å²) >= 11 is 0. The van der Waals surface area contributed by atoms with E-state index in [9.17, 15) is 4.79 Å². The summed E-state index contributed by atoms with van der Waals surface area (Å²) in [5, 5.41) is 8.99. The molecule has 2 rings (SSSR count). The van der Waals surface area contributed by atoms with E-state index in [1.54, 1.807) is 0 Å². The maximum absolute atomic E-state index is 11.0. The van der Waals surface area contributed by atoms with Gasteiger partial charge in [-0.1, -0.05) is 29.8 Å². The standard InChI is InChI=1S/C12H10N2O2/c1-8-2-4-9(5-3-8)10-6-13-7-14-11(10)12(15)16/h2-7H,1H3,(H,15,16). The van der Waals surface area contributed by atoms with Gasteiger partial charge in [0.15, 0.2) is 5.69 Å². The van der Waals surface area contributed by atoms with E-state index in [-0.39, 0.29) is 5.69 Å². The number of benzene rings is 1. The van der Waals surface area contributed by atoms with Crippen LogP contribution >= 0.6 is 0 Å². The van der Waals surface area contributed by atoms with Crippen LogP contribution in [0.25, 0.3) is 11.1 Å². The van der Waals surface area contributed by atoms with Gasteiger partial charge in [-0.05, 0) is 12.5 Å². The minimum Gasteiger partial charge on any atom is -0.476 e. The molecule has 0 amide bonds. The lowest BCUT2D eigenvalue weighted by atomic mass is 10.0. The molecule has 4 nitrogen and oxygen atoms in total. The van der Waals surface area contributed by atoms with E-state index in [4.69, 9.17) is 5.11 Å². The zero-order chi connectivity index (χ0) is 11.5. The molecule has 0 unspecified atom stereocenters. The summed E-state index contributed by atoms with van der Waals surface area (Å²) in [6.07, 6.45) is 2.75. The molecule has 0 aliphatic heterocycles. The van der Waals surface area contributed by atoms with Crippen molar-refractivity contribution in [3.63, 3.8) is 0 Å². The molecule has 2 aromatic rings. The average Bonchev–Trinajstić information content (AvgIpc) is 2.30. The third-order valence-electron chi connectivity index (χ3n) is 2.28. The van der Waals surface area contributed by atoms with Gasteiger partial charge in [0.25, 0.3) is 0 Å². The Bertz CT molecular complexity index is 521. The van der Waals surface area contributed by atoms with Crippen LogP contribution in [0.2, 0.25) is 0 Å². The topological polar surface area (TPSA) is 63.1 Å². The summed E-state index contributed by atoms with van der Waals surface area (Å²) in [7, 11) is 0. The van der Waals surface area contributed by atoms with Gasteiger partial charge in [-0.3, -0.25) is 0 Å². The number of nitrogens with zero attached hydrogens (tertiary/aromatic N) is 2. The number of carboxylic acid groups (broad SMARTS) is 1. The van der Waals surface area contributed by atoms with Crippen molar-refractivity contribution in [2.24, 2.45) is 0 Å². The van der Waals surface area contributed by atoms with Crippen LogP contribution in [0.3, 0.4) is 0 Å². The van der Waals surface area contributed by atoms with E-state index in [2.05, 4.69) is 9.97 Å². The Morgan fingerprint density at radius 3 is 2.56 bits per heavy atom. The molecule has 0 radical (unpaired) electrons. The van der Waals surface area contributed by atoms with Crippen molar-refractivity contribution in [3.05, 3.63) is 48.0 Å². The fraction of sp³-hybridized carbons (Fsp3) is 0.0833. The number of carboxylic acids is 1. The lowest BCUT2D eigenvalue weighted by Crippen LogP contribution is -2.03. The maximum Gasteiger partial charge on any atom is 0.355 e. The first-order valence-corrected chi connectivity index (χ1v) is 4.79. The second kappa shape index (κ2) is 4.10. The quantitative estimate of drug-likeness (QED) is 0.831. The smallest absolute Gasteiger partial charge is 0.355 e. The molecule has 80 valence electrons. The van der Waals surface area contributed by atoms with Crippen LogP contribution in [0.1, 0.15) is 16.1 Å². The van der Waals surface area contributed by atoms with Crippen molar-refractivity contribution >= 4 is 5.97 Å². The van der Waals surface area contributed by atoms with Crippen LogP contribution in [0.4, 0.5) is 0 Å². The molecule has 1 aromatic carbocycles. The number of aromatic carboxylic acids is 1. The van der Waals surface area contributed by atoms with Crippen LogP contribution < -0.4 is 0 Å². The van der Waals surface area contributed by atoms with E-state index < -0.39 is 5.97 Å². The monoisotopic (exact) mass is 214 g/mol. The van der Waals surface area contributed by atoms with Gasteiger partial charge < -0.3 is 5.11 Å². The normalized spacial score (nSPS) is 10.1. The molecule has 0 bridgehead atoms. The highest BCUT2D eigenvalue weighted by atomic mass is 16.4. The van der Waals surface area contributed by atoms with Crippen molar-refractivity contribution in [1.82, 2.24) is 9.97 Å². The number of carbonyl (C=O) groups is 1. The highest BCUT2D eigenvalue weighted by Gasteiger charge is 2.12. The largest absolute Gasteiger partial charge is 0.476 e. The van der Waals surface area contributed by atoms with Gasteiger partial charge in [0, 0.05) is 11.8 Å². The predicted molar refractivity (Wildman–Crippen MR) is 59.2 cm³/mol. The van der Waals surface area contributed by atoms with Crippen molar-refractivity contribution in [1.29, 1.82) is 0 Å². The van der Waals surface area contributed by atoms with Gasteiger partial charge in [-0.25, -0.2) is 14.8 Å². The molecule has 0 spiro atoms. The Balaban J connectivity index is 2.55. The molecular weight excluding hydrogens is 204 g/mol. The van der Waals surface area contributed by atoms with Crippen LogP contribution in [0.15, 0.2) is 36.8 Å².